The molecule has 2 saturated heterocycles. The van der Waals surface area contributed by atoms with E-state index >= 15 is 0 Å². The first-order chi connectivity index (χ1) is 12.7. The molecule has 0 radical (unpaired) electrons. The summed E-state index contributed by atoms with van der Waals surface area (Å²) >= 11 is 0. The predicted molar refractivity (Wildman–Crippen MR) is 96.3 cm³/mol. The Morgan fingerprint density at radius 2 is 1.88 bits per heavy atom. The second-order valence-corrected chi connectivity index (χ2v) is 6.66. The van der Waals surface area contributed by atoms with E-state index in [2.05, 4.69) is 11.4 Å². The molecule has 2 amide bonds. The molecule has 1 N–H and O–H groups in total. The van der Waals surface area contributed by atoms with Gasteiger partial charge in [0.15, 0.2) is 0 Å². The van der Waals surface area contributed by atoms with Crippen LogP contribution in [-0.4, -0.2) is 67.6 Å². The molecule has 0 aromatic heterocycles. The number of hydrogen-bond acceptors (Lipinski definition) is 5. The van der Waals surface area contributed by atoms with E-state index < -0.39 is 0 Å². The number of nitrogens with one attached hydrogen (secondary N) is 1. The maximum atomic E-state index is 12.7. The molecule has 26 heavy (non-hydrogen) atoms. The number of carbonyl (C=O) groups is 2. The van der Waals surface area contributed by atoms with Crippen molar-refractivity contribution in [1.82, 2.24) is 9.80 Å². The summed E-state index contributed by atoms with van der Waals surface area (Å²) in [4.78, 5) is 28.8. The number of morpholine rings is 1. The van der Waals surface area contributed by atoms with Crippen LogP contribution in [0.2, 0.25) is 0 Å². The minimum atomic E-state index is -0.110. The first kappa shape index (κ1) is 18.2. The maximum absolute atomic E-state index is 12.7. The number of nitriles is 1. The zero-order chi connectivity index (χ0) is 18.4. The molecular formula is C19H24N4O3. The minimum absolute atomic E-state index is 0.00571. The lowest BCUT2D eigenvalue weighted by molar-refractivity contribution is -0.143. The number of likely N-dealkylation sites (tertiary alicyclic amines) is 1. The van der Waals surface area contributed by atoms with Crippen LogP contribution in [0, 0.1) is 17.2 Å². The first-order valence-corrected chi connectivity index (χ1v) is 9.05. The van der Waals surface area contributed by atoms with Gasteiger partial charge in [-0.25, -0.2) is 0 Å². The van der Waals surface area contributed by atoms with Gasteiger partial charge in [0.2, 0.25) is 11.8 Å². The summed E-state index contributed by atoms with van der Waals surface area (Å²) < 4.78 is 5.30. The molecule has 138 valence electrons. The molecule has 1 unspecified atom stereocenters. The first-order valence-electron chi connectivity index (χ1n) is 9.05. The van der Waals surface area contributed by atoms with Crippen molar-refractivity contribution in [3.8, 4) is 6.07 Å². The van der Waals surface area contributed by atoms with Crippen LogP contribution in [0.15, 0.2) is 24.3 Å². The summed E-state index contributed by atoms with van der Waals surface area (Å²) in [6.45, 7) is 3.84. The second-order valence-electron chi connectivity index (χ2n) is 6.66. The van der Waals surface area contributed by atoms with E-state index in [1.54, 1.807) is 29.2 Å². The molecule has 0 saturated carbocycles. The van der Waals surface area contributed by atoms with E-state index in [0.29, 0.717) is 45.0 Å². The van der Waals surface area contributed by atoms with Crippen molar-refractivity contribution in [2.24, 2.45) is 5.92 Å². The van der Waals surface area contributed by atoms with Gasteiger partial charge in [-0.05, 0) is 37.1 Å². The van der Waals surface area contributed by atoms with Gasteiger partial charge in [0.05, 0.1) is 37.3 Å². The number of benzene rings is 1. The van der Waals surface area contributed by atoms with Gasteiger partial charge in [-0.15, -0.1) is 0 Å². The highest BCUT2D eigenvalue weighted by atomic mass is 16.5. The summed E-state index contributed by atoms with van der Waals surface area (Å²) in [6, 6.07) is 9.06. The van der Waals surface area contributed by atoms with Crippen molar-refractivity contribution in [3.63, 3.8) is 0 Å². The fourth-order valence-corrected chi connectivity index (χ4v) is 3.40. The van der Waals surface area contributed by atoms with Crippen LogP contribution in [-0.2, 0) is 14.3 Å². The second kappa shape index (κ2) is 8.68. The molecule has 7 heteroatoms. The molecule has 7 nitrogen and oxygen atoms in total. The normalized spacial score (nSPS) is 20.3. The number of carbonyl (C=O) groups excluding carboxylic acids is 2. The average molecular weight is 356 g/mol. The van der Waals surface area contributed by atoms with Gasteiger partial charge >= 0.3 is 0 Å². The lowest BCUT2D eigenvalue weighted by Crippen LogP contribution is -2.50. The van der Waals surface area contributed by atoms with Crippen LogP contribution in [0.5, 0.6) is 0 Å². The molecule has 2 aliphatic heterocycles. The molecule has 3 rings (SSSR count). The highest BCUT2D eigenvalue weighted by Gasteiger charge is 2.31. The Balaban J connectivity index is 1.50. The van der Waals surface area contributed by atoms with E-state index in [-0.39, 0.29) is 24.3 Å². The number of hydrogen-bond donors (Lipinski definition) is 1. The van der Waals surface area contributed by atoms with Gasteiger partial charge < -0.3 is 19.9 Å². The SMILES string of the molecule is N#Cc1ccc(NCC(=O)N2CCCC(C(=O)N3CCOCC3)C2)cc1. The zero-order valence-electron chi connectivity index (χ0n) is 14.8. The summed E-state index contributed by atoms with van der Waals surface area (Å²) in [6.07, 6.45) is 1.69. The average Bonchev–Trinajstić information content (AvgIpc) is 2.72. The monoisotopic (exact) mass is 356 g/mol. The Labute approximate surface area is 153 Å². The molecular weight excluding hydrogens is 332 g/mol. The number of nitrogens with zero attached hydrogens (tertiary/aromatic N) is 3. The van der Waals surface area contributed by atoms with E-state index in [9.17, 15) is 9.59 Å². The van der Waals surface area contributed by atoms with Crippen LogP contribution in [0.3, 0.4) is 0 Å². The Morgan fingerprint density at radius 3 is 2.58 bits per heavy atom. The standard InChI is InChI=1S/C19H24N4O3/c20-12-15-3-5-17(6-4-15)21-13-18(24)23-7-1-2-16(14-23)19(25)22-8-10-26-11-9-22/h3-6,16,21H,1-2,7-11,13-14H2. The van der Waals surface area contributed by atoms with Crippen LogP contribution < -0.4 is 5.32 Å². The number of rotatable bonds is 4. The molecule has 2 heterocycles. The predicted octanol–water partition coefficient (Wildman–Crippen LogP) is 1.07. The van der Waals surface area contributed by atoms with Crippen LogP contribution >= 0.6 is 0 Å². The molecule has 2 fully saturated rings. The summed E-state index contributed by atoms with van der Waals surface area (Å²) in [7, 11) is 0. The van der Waals surface area contributed by atoms with Gasteiger partial charge in [0, 0.05) is 31.9 Å². The molecule has 0 spiro atoms. The number of ether oxygens (including phenoxy) is 1. The summed E-state index contributed by atoms with van der Waals surface area (Å²) in [5.41, 5.74) is 1.39. The Hall–Kier alpha value is -2.59. The van der Waals surface area contributed by atoms with Crippen molar-refractivity contribution in [1.29, 1.82) is 5.26 Å². The fourth-order valence-electron chi connectivity index (χ4n) is 3.40. The molecule has 0 bridgehead atoms. The molecule has 0 aliphatic carbocycles. The number of amides is 2. The lowest BCUT2D eigenvalue weighted by atomic mass is 9.96. The highest BCUT2D eigenvalue weighted by molar-refractivity contribution is 5.83. The van der Waals surface area contributed by atoms with Gasteiger partial charge in [-0.3, -0.25) is 9.59 Å². The quantitative estimate of drug-likeness (QED) is 0.872. The van der Waals surface area contributed by atoms with E-state index in [1.165, 1.54) is 0 Å². The van der Waals surface area contributed by atoms with Crippen molar-refractivity contribution in [3.05, 3.63) is 29.8 Å². The van der Waals surface area contributed by atoms with Crippen molar-refractivity contribution < 1.29 is 14.3 Å². The minimum Gasteiger partial charge on any atom is -0.378 e. The Bertz CT molecular complexity index is 677. The van der Waals surface area contributed by atoms with Gasteiger partial charge in [0.25, 0.3) is 0 Å². The van der Waals surface area contributed by atoms with Crippen LogP contribution in [0.1, 0.15) is 18.4 Å². The molecule has 1 aromatic rings. The van der Waals surface area contributed by atoms with Crippen LogP contribution in [0.25, 0.3) is 0 Å². The van der Waals surface area contributed by atoms with Gasteiger partial charge in [-0.1, -0.05) is 0 Å². The highest BCUT2D eigenvalue weighted by Crippen LogP contribution is 2.20. The topological polar surface area (TPSA) is 85.7 Å². The largest absolute Gasteiger partial charge is 0.378 e. The van der Waals surface area contributed by atoms with Gasteiger partial charge in [0.1, 0.15) is 0 Å². The maximum Gasteiger partial charge on any atom is 0.241 e. The fraction of sp³-hybridized carbons (Fsp3) is 0.526. The Morgan fingerprint density at radius 1 is 1.15 bits per heavy atom. The summed E-state index contributed by atoms with van der Waals surface area (Å²) in [5.74, 6) is 0.0281. The molecule has 1 atom stereocenters. The smallest absolute Gasteiger partial charge is 0.241 e. The van der Waals surface area contributed by atoms with Gasteiger partial charge in [-0.2, -0.15) is 5.26 Å². The van der Waals surface area contributed by atoms with E-state index in [0.717, 1.165) is 18.5 Å². The third-order valence-electron chi connectivity index (χ3n) is 4.90. The Kier molecular flexibility index (Phi) is 6.08. The summed E-state index contributed by atoms with van der Waals surface area (Å²) in [5, 5.41) is 11.9. The van der Waals surface area contributed by atoms with Crippen LogP contribution in [0.4, 0.5) is 5.69 Å². The van der Waals surface area contributed by atoms with E-state index in [4.69, 9.17) is 10.00 Å². The zero-order valence-corrected chi connectivity index (χ0v) is 14.8. The molecule has 1 aromatic carbocycles. The van der Waals surface area contributed by atoms with Crippen molar-refractivity contribution in [2.75, 3.05) is 51.3 Å². The number of piperidine rings is 1. The van der Waals surface area contributed by atoms with E-state index in [1.807, 2.05) is 4.90 Å². The third kappa shape index (κ3) is 4.52. The third-order valence-corrected chi connectivity index (χ3v) is 4.90. The van der Waals surface area contributed by atoms with Crippen molar-refractivity contribution >= 4 is 17.5 Å². The lowest BCUT2D eigenvalue weighted by Gasteiger charge is -2.36. The number of anilines is 1. The van der Waals surface area contributed by atoms with Crippen molar-refractivity contribution in [2.45, 2.75) is 12.8 Å². The molecule has 2 aliphatic rings.